The van der Waals surface area contributed by atoms with Crippen LogP contribution in [0.15, 0.2) is 200 Å². The van der Waals surface area contributed by atoms with Crippen molar-refractivity contribution in [2.75, 3.05) is 0 Å². The van der Waals surface area contributed by atoms with Gasteiger partial charge >= 0.3 is 0 Å². The van der Waals surface area contributed by atoms with E-state index in [0.29, 0.717) is 17.5 Å². The molecule has 0 saturated carbocycles. The first kappa shape index (κ1) is 34.1. The molecule has 0 fully saturated rings. The van der Waals surface area contributed by atoms with Gasteiger partial charge in [0.25, 0.3) is 0 Å². The number of benzene rings is 7. The molecule has 0 unspecified atom stereocenters. The van der Waals surface area contributed by atoms with Crippen LogP contribution in [-0.4, -0.2) is 15.0 Å². The highest BCUT2D eigenvalue weighted by molar-refractivity contribution is 6.10. The van der Waals surface area contributed by atoms with Crippen LogP contribution in [0.4, 0.5) is 0 Å². The first-order chi connectivity index (χ1) is 28.1. The van der Waals surface area contributed by atoms with Crippen LogP contribution in [0, 0.1) is 0 Å². The number of hydrogen-bond donors (Lipinski definition) is 0. The number of rotatable bonds is 7. The number of aromatic nitrogens is 3. The SMILES string of the molecule is CC1(C)c2ccccc2-c2c(C3=C=C=CC=C3)c(-c3ccccc3)c(-c3ccccc3)c(-c3cccc(-c4nc(-c5ccccc5)nc(-c5ccccc5)n4)c3)c21. The molecular formula is C54H37N3. The average molecular weight is 728 g/mol. The van der Waals surface area contributed by atoms with Crippen LogP contribution < -0.4 is 0 Å². The van der Waals surface area contributed by atoms with Crippen molar-refractivity contribution in [3.05, 3.63) is 216 Å². The fourth-order valence-corrected chi connectivity index (χ4v) is 8.62. The van der Waals surface area contributed by atoms with Gasteiger partial charge in [-0.25, -0.2) is 15.0 Å². The van der Waals surface area contributed by atoms with Gasteiger partial charge in [-0.05, 0) is 73.9 Å². The van der Waals surface area contributed by atoms with Crippen LogP contribution in [0.1, 0.15) is 30.5 Å². The molecule has 268 valence electrons. The van der Waals surface area contributed by atoms with Gasteiger partial charge in [0, 0.05) is 33.2 Å². The zero-order valence-electron chi connectivity index (χ0n) is 31.7. The van der Waals surface area contributed by atoms with Gasteiger partial charge in [0.05, 0.1) is 0 Å². The van der Waals surface area contributed by atoms with Gasteiger partial charge in [0.2, 0.25) is 0 Å². The third kappa shape index (κ3) is 5.91. The van der Waals surface area contributed by atoms with E-state index >= 15 is 0 Å². The molecule has 0 radical (unpaired) electrons. The highest BCUT2D eigenvalue weighted by Crippen LogP contribution is 2.60. The van der Waals surface area contributed by atoms with Crippen molar-refractivity contribution in [2.24, 2.45) is 0 Å². The quantitative estimate of drug-likeness (QED) is 0.153. The summed E-state index contributed by atoms with van der Waals surface area (Å²) in [6.45, 7) is 4.74. The van der Waals surface area contributed by atoms with Gasteiger partial charge in [0.15, 0.2) is 17.5 Å². The van der Waals surface area contributed by atoms with Gasteiger partial charge in [-0.3, -0.25) is 0 Å². The predicted octanol–water partition coefficient (Wildman–Crippen LogP) is 13.4. The Labute approximate surface area is 333 Å². The van der Waals surface area contributed by atoms with Crippen LogP contribution in [0.25, 0.3) is 84.2 Å². The minimum absolute atomic E-state index is 0.336. The normalized spacial score (nSPS) is 13.3. The summed E-state index contributed by atoms with van der Waals surface area (Å²) in [5.41, 5.74) is 23.5. The van der Waals surface area contributed by atoms with Crippen molar-refractivity contribution < 1.29 is 0 Å². The summed E-state index contributed by atoms with van der Waals surface area (Å²) >= 11 is 0. The average Bonchev–Trinajstić information content (AvgIpc) is 3.53. The zero-order chi connectivity index (χ0) is 38.3. The van der Waals surface area contributed by atoms with Crippen molar-refractivity contribution in [3.8, 4) is 78.7 Å². The van der Waals surface area contributed by atoms with Gasteiger partial charge in [-0.15, -0.1) is 0 Å². The second kappa shape index (κ2) is 14.0. The lowest BCUT2D eigenvalue weighted by Crippen LogP contribution is -2.17. The lowest BCUT2D eigenvalue weighted by Gasteiger charge is -2.30. The van der Waals surface area contributed by atoms with Gasteiger partial charge in [-0.1, -0.05) is 195 Å². The number of hydrogen-bond acceptors (Lipinski definition) is 3. The molecule has 7 aromatic carbocycles. The molecule has 2 aliphatic rings. The fraction of sp³-hybridized carbons (Fsp3) is 0.0556. The van der Waals surface area contributed by atoms with Gasteiger partial charge < -0.3 is 0 Å². The van der Waals surface area contributed by atoms with E-state index in [4.69, 9.17) is 15.0 Å². The van der Waals surface area contributed by atoms with E-state index in [0.717, 1.165) is 39.0 Å². The Morgan fingerprint density at radius 3 is 1.46 bits per heavy atom. The lowest BCUT2D eigenvalue weighted by molar-refractivity contribution is 0.662. The molecular weight excluding hydrogens is 691 g/mol. The summed E-state index contributed by atoms with van der Waals surface area (Å²) in [7, 11) is 0. The lowest BCUT2D eigenvalue weighted by atomic mass is 9.72. The molecule has 1 aromatic heterocycles. The third-order valence-corrected chi connectivity index (χ3v) is 11.1. The predicted molar refractivity (Wildman–Crippen MR) is 234 cm³/mol. The Morgan fingerprint density at radius 1 is 0.421 bits per heavy atom. The standard InChI is InChI=1S/C54H37N3/c1-54(2)44-34-19-18-33-43(44)49-47(38-25-12-5-13-26-38)45(36-21-8-3-9-22-36)46(37-23-10-4-11-24-37)48(50(49)54)41-31-20-32-42(35-41)53-56-51(39-27-14-6-15-28-39)55-52(57-53)40-29-16-7-17-30-40/h3-12,14-25,27-35H,1-2H3. The molecule has 0 N–H and O–H groups in total. The van der Waals surface area contributed by atoms with Crippen LogP contribution in [0.5, 0.6) is 0 Å². The van der Waals surface area contributed by atoms with Crippen molar-refractivity contribution in [1.29, 1.82) is 0 Å². The van der Waals surface area contributed by atoms with Crippen LogP contribution >= 0.6 is 0 Å². The smallest absolute Gasteiger partial charge is 0.164 e. The summed E-state index contributed by atoms with van der Waals surface area (Å²) in [6, 6.07) is 59.7. The number of nitrogens with zero attached hydrogens (tertiary/aromatic N) is 3. The maximum Gasteiger partial charge on any atom is 0.164 e. The topological polar surface area (TPSA) is 38.7 Å². The van der Waals surface area contributed by atoms with Crippen LogP contribution in [0.2, 0.25) is 0 Å². The van der Waals surface area contributed by atoms with Crippen molar-refractivity contribution in [2.45, 2.75) is 19.3 Å². The molecule has 0 atom stereocenters. The van der Waals surface area contributed by atoms with E-state index in [-0.39, 0.29) is 5.41 Å². The molecule has 2 aliphatic carbocycles. The Hall–Kier alpha value is -7.41. The molecule has 1 heterocycles. The summed E-state index contributed by atoms with van der Waals surface area (Å²) in [5.74, 6) is 1.90. The first-order valence-corrected chi connectivity index (χ1v) is 19.4. The molecule has 0 bridgehead atoms. The highest BCUT2D eigenvalue weighted by atomic mass is 15.0. The Kier molecular flexibility index (Phi) is 8.39. The van der Waals surface area contributed by atoms with E-state index in [1.165, 1.54) is 44.5 Å². The van der Waals surface area contributed by atoms with E-state index in [1.807, 2.05) is 66.7 Å². The summed E-state index contributed by atoms with van der Waals surface area (Å²) < 4.78 is 0. The summed E-state index contributed by atoms with van der Waals surface area (Å²) in [5, 5.41) is 0. The minimum Gasteiger partial charge on any atom is -0.208 e. The molecule has 57 heavy (non-hydrogen) atoms. The molecule has 0 amide bonds. The highest BCUT2D eigenvalue weighted by Gasteiger charge is 2.42. The monoisotopic (exact) mass is 727 g/mol. The van der Waals surface area contributed by atoms with Crippen LogP contribution in [-0.2, 0) is 5.41 Å². The maximum absolute atomic E-state index is 5.14. The number of fused-ring (bicyclic) bond motifs is 3. The molecule has 10 rings (SSSR count). The molecule has 0 saturated heterocycles. The van der Waals surface area contributed by atoms with Crippen molar-refractivity contribution in [3.63, 3.8) is 0 Å². The molecule has 0 aliphatic heterocycles. The first-order valence-electron chi connectivity index (χ1n) is 19.4. The molecule has 8 aromatic rings. The van der Waals surface area contributed by atoms with Crippen molar-refractivity contribution >= 4 is 5.57 Å². The minimum atomic E-state index is -0.336. The largest absolute Gasteiger partial charge is 0.208 e. The summed E-state index contributed by atoms with van der Waals surface area (Å²) in [4.78, 5) is 15.3. The van der Waals surface area contributed by atoms with Gasteiger partial charge in [-0.2, -0.15) is 0 Å². The second-order valence-corrected chi connectivity index (χ2v) is 15.0. The molecule has 0 spiro atoms. The van der Waals surface area contributed by atoms with E-state index < -0.39 is 0 Å². The van der Waals surface area contributed by atoms with E-state index in [2.05, 4.69) is 147 Å². The van der Waals surface area contributed by atoms with E-state index in [9.17, 15) is 0 Å². The van der Waals surface area contributed by atoms with Gasteiger partial charge in [0.1, 0.15) is 0 Å². The Morgan fingerprint density at radius 2 is 0.895 bits per heavy atom. The fourth-order valence-electron chi connectivity index (χ4n) is 8.62. The maximum atomic E-state index is 5.14. The van der Waals surface area contributed by atoms with Crippen LogP contribution in [0.3, 0.4) is 0 Å². The van der Waals surface area contributed by atoms with Crippen molar-refractivity contribution in [1.82, 2.24) is 15.0 Å². The number of allylic oxidation sites excluding steroid dienone is 4. The Bertz CT molecular complexity index is 2910. The Balaban J connectivity index is 1.33. The third-order valence-electron chi connectivity index (χ3n) is 11.1. The zero-order valence-corrected chi connectivity index (χ0v) is 31.7. The second-order valence-electron chi connectivity index (χ2n) is 15.0. The van der Waals surface area contributed by atoms with E-state index in [1.54, 1.807) is 0 Å². The summed E-state index contributed by atoms with van der Waals surface area (Å²) in [6.07, 6.45) is 6.17. The molecule has 3 heteroatoms. The molecule has 3 nitrogen and oxygen atoms in total.